The van der Waals surface area contributed by atoms with E-state index in [4.69, 9.17) is 4.74 Å². The summed E-state index contributed by atoms with van der Waals surface area (Å²) in [5, 5.41) is 2.75. The van der Waals surface area contributed by atoms with Crippen LogP contribution in [0, 0.1) is 12.7 Å². The third-order valence-electron chi connectivity index (χ3n) is 4.98. The second kappa shape index (κ2) is 11.0. The first-order valence-electron chi connectivity index (χ1n) is 10.6. The SMILES string of the molecule is CCOc1ccc(N(CC(=O)NCCc2ccc(F)cc2)S(=O)(=O)c2ccc(C)cc2)cc1. The van der Waals surface area contributed by atoms with E-state index >= 15 is 0 Å². The maximum Gasteiger partial charge on any atom is 0.264 e. The van der Waals surface area contributed by atoms with Crippen LogP contribution < -0.4 is 14.4 Å². The molecule has 174 valence electrons. The van der Waals surface area contributed by atoms with Gasteiger partial charge in [0.15, 0.2) is 0 Å². The van der Waals surface area contributed by atoms with Crippen LogP contribution in [-0.4, -0.2) is 34.0 Å². The number of rotatable bonds is 10. The normalized spacial score (nSPS) is 11.1. The smallest absolute Gasteiger partial charge is 0.264 e. The lowest BCUT2D eigenvalue weighted by Crippen LogP contribution is -2.41. The van der Waals surface area contributed by atoms with Gasteiger partial charge in [0, 0.05) is 6.54 Å². The van der Waals surface area contributed by atoms with Crippen molar-refractivity contribution in [3.63, 3.8) is 0 Å². The molecule has 1 amide bonds. The summed E-state index contributed by atoms with van der Waals surface area (Å²) in [5.41, 5.74) is 2.15. The minimum atomic E-state index is -3.98. The van der Waals surface area contributed by atoms with Gasteiger partial charge in [0.1, 0.15) is 18.1 Å². The lowest BCUT2D eigenvalue weighted by Gasteiger charge is -2.24. The molecule has 6 nitrogen and oxygen atoms in total. The van der Waals surface area contributed by atoms with Crippen LogP contribution in [0.2, 0.25) is 0 Å². The molecule has 0 atom stereocenters. The Kier molecular flexibility index (Phi) is 8.06. The number of carbonyl (C=O) groups is 1. The average molecular weight is 471 g/mol. The number of ether oxygens (including phenoxy) is 1. The number of hydrogen-bond donors (Lipinski definition) is 1. The number of halogens is 1. The van der Waals surface area contributed by atoms with Crippen molar-refractivity contribution in [1.82, 2.24) is 5.32 Å². The number of carbonyl (C=O) groups excluding carboxylic acids is 1. The first-order valence-corrected chi connectivity index (χ1v) is 12.1. The molecule has 3 rings (SSSR count). The van der Waals surface area contributed by atoms with Gasteiger partial charge in [-0.15, -0.1) is 0 Å². The highest BCUT2D eigenvalue weighted by molar-refractivity contribution is 7.92. The minimum absolute atomic E-state index is 0.0982. The second-order valence-electron chi connectivity index (χ2n) is 7.48. The Morgan fingerprint density at radius 2 is 1.61 bits per heavy atom. The summed E-state index contributed by atoms with van der Waals surface area (Å²) in [4.78, 5) is 12.8. The molecule has 0 radical (unpaired) electrons. The Morgan fingerprint density at radius 3 is 2.21 bits per heavy atom. The summed E-state index contributed by atoms with van der Waals surface area (Å²) in [7, 11) is -3.98. The number of nitrogens with zero attached hydrogens (tertiary/aromatic N) is 1. The number of hydrogen-bond acceptors (Lipinski definition) is 4. The number of aryl methyl sites for hydroxylation is 1. The second-order valence-corrected chi connectivity index (χ2v) is 9.34. The molecule has 33 heavy (non-hydrogen) atoms. The number of benzene rings is 3. The molecule has 3 aromatic rings. The Hall–Kier alpha value is -3.39. The summed E-state index contributed by atoms with van der Waals surface area (Å²) >= 11 is 0. The van der Waals surface area contributed by atoms with E-state index in [1.165, 1.54) is 24.3 Å². The molecule has 0 aliphatic heterocycles. The van der Waals surface area contributed by atoms with Gasteiger partial charge in [-0.1, -0.05) is 29.8 Å². The van der Waals surface area contributed by atoms with E-state index in [9.17, 15) is 17.6 Å². The van der Waals surface area contributed by atoms with E-state index in [1.807, 2.05) is 13.8 Å². The van der Waals surface area contributed by atoms with Crippen LogP contribution in [0.1, 0.15) is 18.1 Å². The van der Waals surface area contributed by atoms with Gasteiger partial charge in [0.25, 0.3) is 10.0 Å². The zero-order valence-electron chi connectivity index (χ0n) is 18.6. The maximum atomic E-state index is 13.4. The van der Waals surface area contributed by atoms with E-state index in [2.05, 4.69) is 5.32 Å². The predicted octanol–water partition coefficient (Wildman–Crippen LogP) is 4.09. The molecule has 3 aromatic carbocycles. The fourth-order valence-corrected chi connectivity index (χ4v) is 4.63. The molecule has 0 heterocycles. The third-order valence-corrected chi connectivity index (χ3v) is 6.77. The zero-order chi connectivity index (χ0) is 23.8. The summed E-state index contributed by atoms with van der Waals surface area (Å²) in [6, 6.07) is 19.1. The van der Waals surface area contributed by atoms with Crippen LogP contribution in [0.15, 0.2) is 77.7 Å². The topological polar surface area (TPSA) is 75.7 Å². The van der Waals surface area contributed by atoms with Crippen molar-refractivity contribution in [3.05, 3.63) is 89.7 Å². The zero-order valence-corrected chi connectivity index (χ0v) is 19.4. The molecule has 1 N–H and O–H groups in total. The fraction of sp³-hybridized carbons (Fsp3) is 0.240. The van der Waals surface area contributed by atoms with Gasteiger partial charge in [-0.25, -0.2) is 12.8 Å². The summed E-state index contributed by atoms with van der Waals surface area (Å²) in [5.74, 6) is -0.158. The molecule has 8 heteroatoms. The lowest BCUT2D eigenvalue weighted by atomic mass is 10.1. The molecular weight excluding hydrogens is 443 g/mol. The highest BCUT2D eigenvalue weighted by Crippen LogP contribution is 2.26. The van der Waals surface area contributed by atoms with Crippen LogP contribution in [0.5, 0.6) is 5.75 Å². The molecule has 0 spiro atoms. The predicted molar refractivity (Wildman–Crippen MR) is 126 cm³/mol. The molecule has 0 saturated carbocycles. The van der Waals surface area contributed by atoms with Crippen molar-refractivity contribution in [2.45, 2.75) is 25.2 Å². The maximum absolute atomic E-state index is 13.4. The molecule has 0 saturated heterocycles. The van der Waals surface area contributed by atoms with E-state index in [1.54, 1.807) is 48.5 Å². The van der Waals surface area contributed by atoms with Crippen LogP contribution in [-0.2, 0) is 21.2 Å². The molecule has 0 unspecified atom stereocenters. The highest BCUT2D eigenvalue weighted by Gasteiger charge is 2.27. The van der Waals surface area contributed by atoms with E-state index < -0.39 is 15.9 Å². The van der Waals surface area contributed by atoms with E-state index in [0.717, 1.165) is 15.4 Å². The average Bonchev–Trinajstić information content (AvgIpc) is 2.80. The van der Waals surface area contributed by atoms with Gasteiger partial charge in [0.2, 0.25) is 5.91 Å². The van der Waals surface area contributed by atoms with Gasteiger partial charge in [-0.3, -0.25) is 9.10 Å². The Morgan fingerprint density at radius 1 is 0.970 bits per heavy atom. The minimum Gasteiger partial charge on any atom is -0.494 e. The first-order chi connectivity index (χ1) is 15.8. The number of nitrogens with one attached hydrogen (secondary N) is 1. The fourth-order valence-electron chi connectivity index (χ4n) is 3.21. The van der Waals surface area contributed by atoms with Gasteiger partial charge in [0.05, 0.1) is 17.2 Å². The van der Waals surface area contributed by atoms with Crippen molar-refractivity contribution in [1.29, 1.82) is 0 Å². The van der Waals surface area contributed by atoms with Crippen LogP contribution in [0.4, 0.5) is 10.1 Å². The van der Waals surface area contributed by atoms with E-state index in [-0.39, 0.29) is 17.3 Å². The van der Waals surface area contributed by atoms with Gasteiger partial charge < -0.3 is 10.1 Å². The molecule has 0 bridgehead atoms. The van der Waals surface area contributed by atoms with Gasteiger partial charge in [-0.05, 0) is 74.4 Å². The quantitative estimate of drug-likeness (QED) is 0.484. The molecular formula is C25H27FN2O4S. The van der Waals surface area contributed by atoms with Crippen LogP contribution in [0.3, 0.4) is 0 Å². The van der Waals surface area contributed by atoms with Gasteiger partial charge in [-0.2, -0.15) is 0 Å². The monoisotopic (exact) mass is 470 g/mol. The van der Waals surface area contributed by atoms with Crippen molar-refractivity contribution in [3.8, 4) is 5.75 Å². The molecule has 0 aliphatic carbocycles. The lowest BCUT2D eigenvalue weighted by molar-refractivity contribution is -0.119. The number of sulfonamides is 1. The molecule has 0 aliphatic rings. The van der Waals surface area contributed by atoms with Crippen molar-refractivity contribution < 1.29 is 22.3 Å². The number of amides is 1. The Labute approximate surface area is 194 Å². The summed E-state index contributed by atoms with van der Waals surface area (Å²) < 4.78 is 46.4. The largest absolute Gasteiger partial charge is 0.494 e. The van der Waals surface area contributed by atoms with Crippen LogP contribution >= 0.6 is 0 Å². The molecule has 0 fully saturated rings. The Balaban J connectivity index is 1.78. The van der Waals surface area contributed by atoms with Crippen LogP contribution in [0.25, 0.3) is 0 Å². The van der Waals surface area contributed by atoms with Crippen molar-refractivity contribution in [2.24, 2.45) is 0 Å². The number of anilines is 1. The van der Waals surface area contributed by atoms with Crippen molar-refractivity contribution in [2.75, 3.05) is 24.0 Å². The highest BCUT2D eigenvalue weighted by atomic mass is 32.2. The summed E-state index contributed by atoms with van der Waals surface area (Å²) in [6.07, 6.45) is 0.500. The van der Waals surface area contributed by atoms with E-state index in [0.29, 0.717) is 31.0 Å². The van der Waals surface area contributed by atoms with Gasteiger partial charge >= 0.3 is 0 Å². The standard InChI is InChI=1S/C25H27FN2O4S/c1-3-32-23-12-10-22(11-13-23)28(33(30,31)24-14-4-19(2)5-15-24)18-25(29)27-17-16-20-6-8-21(26)9-7-20/h4-15H,3,16-18H2,1-2H3,(H,27,29). The molecule has 0 aromatic heterocycles. The Bertz CT molecular complexity index is 1160. The van der Waals surface area contributed by atoms with Crippen molar-refractivity contribution >= 4 is 21.6 Å². The summed E-state index contributed by atoms with van der Waals surface area (Å²) in [6.45, 7) is 4.13. The first kappa shape index (κ1) is 24.3. The third kappa shape index (κ3) is 6.55.